The van der Waals surface area contributed by atoms with Crippen molar-refractivity contribution in [3.63, 3.8) is 0 Å². The van der Waals surface area contributed by atoms with Crippen LogP contribution in [0.3, 0.4) is 0 Å². The molecule has 0 fully saturated rings. The second kappa shape index (κ2) is 14.5. The maximum atomic E-state index is 2.39. The SMILES string of the molecule is CC1(C)c2cc(/C=C/c3ccc(N(c4ccccc4)c4ccc(-c5ccccc5)cc4)cc3)ccc2-c2ccc(N(c3ccccc3)c3ccccc3)cc21. The molecule has 0 atom stereocenters. The largest absolute Gasteiger partial charge is 0.311 e. The van der Waals surface area contributed by atoms with E-state index in [1.807, 2.05) is 0 Å². The highest BCUT2D eigenvalue weighted by Gasteiger charge is 2.36. The van der Waals surface area contributed by atoms with Crippen molar-refractivity contribution in [2.75, 3.05) is 9.80 Å². The molecule has 1 aliphatic carbocycles. The fraction of sp³-hybridized carbons (Fsp3) is 0.0566. The Morgan fingerprint density at radius 2 is 0.691 bits per heavy atom. The van der Waals surface area contributed by atoms with Crippen LogP contribution in [0.4, 0.5) is 34.1 Å². The summed E-state index contributed by atoms with van der Waals surface area (Å²) in [4.78, 5) is 4.66. The van der Waals surface area contributed by atoms with Gasteiger partial charge < -0.3 is 9.80 Å². The van der Waals surface area contributed by atoms with E-state index in [2.05, 4.69) is 242 Å². The molecule has 2 nitrogen and oxygen atoms in total. The molecular formula is C53H42N2. The molecule has 0 amide bonds. The summed E-state index contributed by atoms with van der Waals surface area (Å²) >= 11 is 0. The van der Waals surface area contributed by atoms with E-state index in [1.165, 1.54) is 38.9 Å². The number of para-hydroxylation sites is 3. The molecule has 0 saturated carbocycles. The molecule has 9 rings (SSSR count). The molecule has 0 saturated heterocycles. The van der Waals surface area contributed by atoms with E-state index in [1.54, 1.807) is 0 Å². The predicted octanol–water partition coefficient (Wildman–Crippen LogP) is 14.8. The van der Waals surface area contributed by atoms with E-state index >= 15 is 0 Å². The van der Waals surface area contributed by atoms with Crippen molar-refractivity contribution in [3.05, 3.63) is 229 Å². The fourth-order valence-electron chi connectivity index (χ4n) is 7.97. The number of hydrogen-bond acceptors (Lipinski definition) is 2. The van der Waals surface area contributed by atoms with Gasteiger partial charge in [0.15, 0.2) is 0 Å². The molecule has 0 heterocycles. The second-order valence-corrected chi connectivity index (χ2v) is 14.7. The van der Waals surface area contributed by atoms with E-state index in [4.69, 9.17) is 0 Å². The standard InChI is InChI=1S/C53H42N2/c1-53(2)51-37-40(27-35-49(51)50-36-34-48(38-52(50)53)55(44-19-11-5-12-20-44)45-21-13-6-14-22-45)24-23-39-25-30-46(31-26-39)54(43-17-9-4-10-18-43)47-32-28-42(29-33-47)41-15-7-3-8-16-41/h3-38H,1-2H3/b24-23+. The Bertz CT molecular complexity index is 2530. The van der Waals surface area contributed by atoms with Crippen LogP contribution in [0, 0.1) is 0 Å². The van der Waals surface area contributed by atoms with Gasteiger partial charge in [-0.05, 0) is 117 Å². The molecule has 0 spiro atoms. The van der Waals surface area contributed by atoms with Crippen LogP contribution in [0.1, 0.15) is 36.1 Å². The van der Waals surface area contributed by atoms with Gasteiger partial charge in [-0.3, -0.25) is 0 Å². The van der Waals surface area contributed by atoms with Gasteiger partial charge in [0.1, 0.15) is 0 Å². The third kappa shape index (κ3) is 6.64. The minimum Gasteiger partial charge on any atom is -0.311 e. The average Bonchev–Trinajstić information content (AvgIpc) is 3.47. The Morgan fingerprint density at radius 3 is 1.24 bits per heavy atom. The van der Waals surface area contributed by atoms with E-state index in [-0.39, 0.29) is 5.41 Å². The fourth-order valence-corrected chi connectivity index (χ4v) is 7.97. The number of rotatable bonds is 9. The first-order valence-corrected chi connectivity index (χ1v) is 19.0. The number of anilines is 6. The normalized spacial score (nSPS) is 12.6. The molecule has 0 aliphatic heterocycles. The van der Waals surface area contributed by atoms with Crippen LogP contribution < -0.4 is 9.80 Å². The highest BCUT2D eigenvalue weighted by Crippen LogP contribution is 2.51. The highest BCUT2D eigenvalue weighted by molar-refractivity contribution is 5.87. The molecule has 0 bridgehead atoms. The Hall–Kier alpha value is -6.90. The first-order chi connectivity index (χ1) is 27.0. The molecule has 2 heteroatoms. The van der Waals surface area contributed by atoms with E-state index in [9.17, 15) is 0 Å². The monoisotopic (exact) mass is 706 g/mol. The summed E-state index contributed by atoms with van der Waals surface area (Å²) in [5.41, 5.74) is 16.8. The Kier molecular flexibility index (Phi) is 8.94. The van der Waals surface area contributed by atoms with Crippen molar-refractivity contribution in [3.8, 4) is 22.3 Å². The lowest BCUT2D eigenvalue weighted by Gasteiger charge is -2.28. The third-order valence-electron chi connectivity index (χ3n) is 10.8. The van der Waals surface area contributed by atoms with Crippen molar-refractivity contribution in [2.45, 2.75) is 19.3 Å². The zero-order valence-corrected chi connectivity index (χ0v) is 31.2. The number of benzene rings is 8. The van der Waals surface area contributed by atoms with Crippen molar-refractivity contribution in [1.29, 1.82) is 0 Å². The Labute approximate surface area is 324 Å². The van der Waals surface area contributed by atoms with Crippen molar-refractivity contribution in [1.82, 2.24) is 0 Å². The summed E-state index contributed by atoms with van der Waals surface area (Å²) in [6.45, 7) is 4.72. The zero-order valence-electron chi connectivity index (χ0n) is 31.2. The molecule has 55 heavy (non-hydrogen) atoms. The number of nitrogens with zero attached hydrogens (tertiary/aromatic N) is 2. The molecule has 8 aromatic rings. The molecule has 264 valence electrons. The van der Waals surface area contributed by atoms with E-state index in [0.29, 0.717) is 0 Å². The van der Waals surface area contributed by atoms with E-state index < -0.39 is 0 Å². The predicted molar refractivity (Wildman–Crippen MR) is 234 cm³/mol. The van der Waals surface area contributed by atoms with Gasteiger partial charge in [0.25, 0.3) is 0 Å². The molecular weight excluding hydrogens is 665 g/mol. The van der Waals surface area contributed by atoms with Gasteiger partial charge in [0, 0.05) is 39.5 Å². The van der Waals surface area contributed by atoms with Crippen LogP contribution in [0.15, 0.2) is 206 Å². The lowest BCUT2D eigenvalue weighted by atomic mass is 9.81. The summed E-state index contributed by atoms with van der Waals surface area (Å²) in [6.07, 6.45) is 4.46. The highest BCUT2D eigenvalue weighted by atomic mass is 15.1. The van der Waals surface area contributed by atoms with Crippen molar-refractivity contribution in [2.24, 2.45) is 0 Å². The summed E-state index contributed by atoms with van der Waals surface area (Å²) in [6, 6.07) is 74.0. The van der Waals surface area contributed by atoms with Crippen LogP contribution >= 0.6 is 0 Å². The van der Waals surface area contributed by atoms with Gasteiger partial charge in [0.05, 0.1) is 0 Å². The van der Waals surface area contributed by atoms with Crippen LogP contribution in [0.25, 0.3) is 34.4 Å². The van der Waals surface area contributed by atoms with Gasteiger partial charge in [0.2, 0.25) is 0 Å². The minimum absolute atomic E-state index is 0.147. The van der Waals surface area contributed by atoms with Crippen LogP contribution in [-0.2, 0) is 5.41 Å². The summed E-state index contributed by atoms with van der Waals surface area (Å²) < 4.78 is 0. The first kappa shape index (κ1) is 33.9. The summed E-state index contributed by atoms with van der Waals surface area (Å²) in [7, 11) is 0. The molecule has 0 aromatic heterocycles. The zero-order chi connectivity index (χ0) is 37.2. The quantitative estimate of drug-likeness (QED) is 0.138. The lowest BCUT2D eigenvalue weighted by molar-refractivity contribution is 0.660. The maximum Gasteiger partial charge on any atom is 0.0465 e. The van der Waals surface area contributed by atoms with Gasteiger partial charge in [-0.1, -0.05) is 159 Å². The molecule has 1 aliphatic rings. The second-order valence-electron chi connectivity index (χ2n) is 14.7. The van der Waals surface area contributed by atoms with Gasteiger partial charge >= 0.3 is 0 Å². The Balaban J connectivity index is 0.978. The topological polar surface area (TPSA) is 6.48 Å². The number of fused-ring (bicyclic) bond motifs is 3. The van der Waals surface area contributed by atoms with Crippen LogP contribution in [-0.4, -0.2) is 0 Å². The number of hydrogen-bond donors (Lipinski definition) is 0. The first-order valence-electron chi connectivity index (χ1n) is 19.0. The van der Waals surface area contributed by atoms with Gasteiger partial charge in [-0.25, -0.2) is 0 Å². The average molecular weight is 707 g/mol. The molecule has 0 radical (unpaired) electrons. The third-order valence-corrected chi connectivity index (χ3v) is 10.8. The van der Waals surface area contributed by atoms with E-state index in [0.717, 1.165) is 39.7 Å². The Morgan fingerprint density at radius 1 is 0.327 bits per heavy atom. The van der Waals surface area contributed by atoms with Crippen molar-refractivity contribution < 1.29 is 0 Å². The van der Waals surface area contributed by atoms with Gasteiger partial charge in [-0.2, -0.15) is 0 Å². The molecule has 0 N–H and O–H groups in total. The summed E-state index contributed by atoms with van der Waals surface area (Å²) in [5.74, 6) is 0. The van der Waals surface area contributed by atoms with Crippen LogP contribution in [0.2, 0.25) is 0 Å². The minimum atomic E-state index is -0.147. The molecule has 8 aromatic carbocycles. The summed E-state index contributed by atoms with van der Waals surface area (Å²) in [5, 5.41) is 0. The lowest BCUT2D eigenvalue weighted by Crippen LogP contribution is -2.16. The molecule has 0 unspecified atom stereocenters. The maximum absolute atomic E-state index is 2.39. The van der Waals surface area contributed by atoms with Crippen LogP contribution in [0.5, 0.6) is 0 Å². The van der Waals surface area contributed by atoms with Gasteiger partial charge in [-0.15, -0.1) is 0 Å². The van der Waals surface area contributed by atoms with Crippen molar-refractivity contribution >= 4 is 46.3 Å². The smallest absolute Gasteiger partial charge is 0.0465 e.